The maximum atomic E-state index is 10.2. The molecule has 0 saturated heterocycles. The molecule has 0 heterocycles. The summed E-state index contributed by atoms with van der Waals surface area (Å²) in [5, 5.41) is 9.67. The van der Waals surface area contributed by atoms with E-state index in [9.17, 15) is 10.1 Å². The summed E-state index contributed by atoms with van der Waals surface area (Å²) in [6, 6.07) is 16.9. The molecule has 0 amide bonds. The molecule has 2 aromatic rings. The fourth-order valence-electron chi connectivity index (χ4n) is 1.53. The van der Waals surface area contributed by atoms with Crippen molar-refractivity contribution in [2.75, 3.05) is 5.43 Å². The number of nitro groups is 1. The minimum atomic E-state index is -0.575. The van der Waals surface area contributed by atoms with Crippen molar-refractivity contribution in [3.8, 4) is 0 Å². The molecule has 4 nitrogen and oxygen atoms in total. The number of hydrogen-bond acceptors (Lipinski definition) is 2. The van der Waals surface area contributed by atoms with Crippen molar-refractivity contribution in [2.45, 2.75) is 0 Å². The highest BCUT2D eigenvalue weighted by Gasteiger charge is 1.97. The first-order chi connectivity index (χ1) is 8.74. The first-order valence-corrected chi connectivity index (χ1v) is 5.48. The summed E-state index contributed by atoms with van der Waals surface area (Å²) in [6.07, 6.45) is 3.96. The van der Waals surface area contributed by atoms with E-state index in [2.05, 4.69) is 5.43 Å². The minimum Gasteiger partial charge on any atom is -0.235 e. The first kappa shape index (κ1) is 11.9. The van der Waals surface area contributed by atoms with Gasteiger partial charge in [-0.3, -0.25) is 0 Å². The van der Waals surface area contributed by atoms with Crippen LogP contribution in [0, 0.1) is 10.1 Å². The third kappa shape index (κ3) is 3.45. The zero-order valence-electron chi connectivity index (χ0n) is 9.61. The molecule has 18 heavy (non-hydrogen) atoms. The monoisotopic (exact) mass is 240 g/mol. The molecule has 0 unspecified atom stereocenters. The van der Waals surface area contributed by atoms with E-state index in [0.29, 0.717) is 5.69 Å². The normalized spacial score (nSPS) is 10.4. The summed E-state index contributed by atoms with van der Waals surface area (Å²) in [5.74, 6) is 0. The van der Waals surface area contributed by atoms with Crippen LogP contribution >= 0.6 is 0 Å². The van der Waals surface area contributed by atoms with Gasteiger partial charge in [0.25, 0.3) is 0 Å². The molecule has 4 heteroatoms. The Labute approximate surface area is 105 Å². The third-order valence-corrected chi connectivity index (χ3v) is 2.40. The van der Waals surface area contributed by atoms with Gasteiger partial charge in [0.2, 0.25) is 0 Å². The molecule has 0 radical (unpaired) electrons. The van der Waals surface area contributed by atoms with Crippen molar-refractivity contribution < 1.29 is 5.03 Å². The summed E-state index contributed by atoms with van der Waals surface area (Å²) >= 11 is 0. The maximum absolute atomic E-state index is 10.2. The van der Waals surface area contributed by atoms with Crippen molar-refractivity contribution in [1.29, 1.82) is 0 Å². The quantitative estimate of drug-likeness (QED) is 0.506. The lowest BCUT2D eigenvalue weighted by Gasteiger charge is -1.98. The molecule has 0 bridgehead atoms. The number of rotatable bonds is 4. The minimum absolute atomic E-state index is 0.469. The van der Waals surface area contributed by atoms with Crippen molar-refractivity contribution in [3.05, 3.63) is 75.8 Å². The van der Waals surface area contributed by atoms with Gasteiger partial charge in [-0.15, -0.1) is 5.43 Å². The maximum Gasteiger partial charge on any atom is 0.162 e. The van der Waals surface area contributed by atoms with Gasteiger partial charge >= 0.3 is 0 Å². The number of nitrogens with one attached hydrogen (secondary N) is 1. The Morgan fingerprint density at radius 3 is 2.00 bits per heavy atom. The number of anilines is 1. The Balaban J connectivity index is 2.06. The van der Waals surface area contributed by atoms with E-state index in [4.69, 9.17) is 0 Å². The molecule has 0 aromatic heterocycles. The van der Waals surface area contributed by atoms with Gasteiger partial charge in [-0.05, 0) is 23.3 Å². The Bertz CT molecular complexity index is 548. The van der Waals surface area contributed by atoms with E-state index in [1.165, 1.54) is 0 Å². The molecular formula is C14H12N2O2. The lowest BCUT2D eigenvalue weighted by atomic mass is 10.1. The third-order valence-electron chi connectivity index (χ3n) is 2.40. The Morgan fingerprint density at radius 2 is 1.44 bits per heavy atom. The highest BCUT2D eigenvalue weighted by molar-refractivity contribution is 5.70. The predicted octanol–water partition coefficient (Wildman–Crippen LogP) is 3.46. The first-order valence-electron chi connectivity index (χ1n) is 5.48. The average molecular weight is 240 g/mol. The molecule has 0 saturated carbocycles. The predicted molar refractivity (Wildman–Crippen MR) is 72.4 cm³/mol. The van der Waals surface area contributed by atoms with E-state index >= 15 is 0 Å². The SMILES string of the molecule is O=[N+]([O-])Nc1ccc(C=Cc2ccccc2)cc1. The van der Waals surface area contributed by atoms with Gasteiger partial charge in [-0.1, -0.05) is 54.6 Å². The standard InChI is InChI=1S/C14H12N2O2/c17-16(18)15-14-10-8-13(9-11-14)7-6-12-4-2-1-3-5-12/h1-11,15H. The Kier molecular flexibility index (Phi) is 3.71. The Morgan fingerprint density at radius 1 is 0.889 bits per heavy atom. The molecule has 90 valence electrons. The van der Waals surface area contributed by atoms with E-state index < -0.39 is 5.03 Å². The molecule has 2 aromatic carbocycles. The largest absolute Gasteiger partial charge is 0.235 e. The summed E-state index contributed by atoms with van der Waals surface area (Å²) < 4.78 is 0. The summed E-state index contributed by atoms with van der Waals surface area (Å²) in [6.45, 7) is 0. The summed E-state index contributed by atoms with van der Waals surface area (Å²) in [7, 11) is 0. The van der Waals surface area contributed by atoms with Gasteiger partial charge in [0.15, 0.2) is 5.03 Å². The molecule has 0 spiro atoms. The lowest BCUT2D eigenvalue weighted by Crippen LogP contribution is -2.07. The van der Waals surface area contributed by atoms with Crippen LogP contribution in [0.2, 0.25) is 0 Å². The summed E-state index contributed by atoms with van der Waals surface area (Å²) in [5.41, 5.74) is 4.68. The highest BCUT2D eigenvalue weighted by atomic mass is 16.7. The fourth-order valence-corrected chi connectivity index (χ4v) is 1.53. The van der Waals surface area contributed by atoms with Gasteiger partial charge in [-0.25, -0.2) is 10.1 Å². The van der Waals surface area contributed by atoms with E-state index in [1.807, 2.05) is 54.6 Å². The molecule has 1 N–H and O–H groups in total. The topological polar surface area (TPSA) is 55.2 Å². The highest BCUT2D eigenvalue weighted by Crippen LogP contribution is 2.12. The van der Waals surface area contributed by atoms with Crippen LogP contribution in [0.5, 0.6) is 0 Å². The van der Waals surface area contributed by atoms with Crippen LogP contribution in [-0.2, 0) is 0 Å². The van der Waals surface area contributed by atoms with Crippen LogP contribution in [0.4, 0.5) is 5.69 Å². The fraction of sp³-hybridized carbons (Fsp3) is 0. The lowest BCUT2D eigenvalue weighted by molar-refractivity contribution is -0.445. The van der Waals surface area contributed by atoms with Gasteiger partial charge in [0.1, 0.15) is 5.69 Å². The van der Waals surface area contributed by atoms with Crippen LogP contribution in [0.25, 0.3) is 12.2 Å². The van der Waals surface area contributed by atoms with Crippen LogP contribution in [0.3, 0.4) is 0 Å². The number of hydrogen-bond donors (Lipinski definition) is 1. The van der Waals surface area contributed by atoms with Crippen LogP contribution in [0.1, 0.15) is 11.1 Å². The second-order valence-electron chi connectivity index (χ2n) is 3.73. The van der Waals surface area contributed by atoms with E-state index in [1.54, 1.807) is 12.1 Å². The number of hydrazine groups is 1. The molecule has 0 fully saturated rings. The van der Waals surface area contributed by atoms with Gasteiger partial charge < -0.3 is 0 Å². The second-order valence-corrected chi connectivity index (χ2v) is 3.73. The molecule has 0 aliphatic heterocycles. The molecule has 0 aliphatic carbocycles. The molecule has 0 atom stereocenters. The second kappa shape index (κ2) is 5.63. The molecule has 0 aliphatic rings. The van der Waals surface area contributed by atoms with Crippen LogP contribution in [-0.4, -0.2) is 5.03 Å². The van der Waals surface area contributed by atoms with E-state index in [-0.39, 0.29) is 0 Å². The summed E-state index contributed by atoms with van der Waals surface area (Å²) in [4.78, 5) is 10.2. The molecular weight excluding hydrogens is 228 g/mol. The van der Waals surface area contributed by atoms with Gasteiger partial charge in [-0.2, -0.15) is 0 Å². The number of nitrogens with zero attached hydrogens (tertiary/aromatic N) is 1. The van der Waals surface area contributed by atoms with Crippen molar-refractivity contribution in [1.82, 2.24) is 0 Å². The van der Waals surface area contributed by atoms with Crippen molar-refractivity contribution >= 4 is 17.8 Å². The van der Waals surface area contributed by atoms with Crippen LogP contribution in [0.15, 0.2) is 54.6 Å². The van der Waals surface area contributed by atoms with Crippen molar-refractivity contribution in [3.63, 3.8) is 0 Å². The van der Waals surface area contributed by atoms with Gasteiger partial charge in [0.05, 0.1) is 0 Å². The smallest absolute Gasteiger partial charge is 0.162 e. The van der Waals surface area contributed by atoms with E-state index in [0.717, 1.165) is 11.1 Å². The zero-order chi connectivity index (χ0) is 12.8. The van der Waals surface area contributed by atoms with Gasteiger partial charge in [0, 0.05) is 0 Å². The van der Waals surface area contributed by atoms with Crippen molar-refractivity contribution in [2.24, 2.45) is 0 Å². The zero-order valence-corrected chi connectivity index (χ0v) is 9.61. The average Bonchev–Trinajstić information content (AvgIpc) is 2.38. The molecule has 2 rings (SSSR count). The van der Waals surface area contributed by atoms with Crippen LogP contribution < -0.4 is 5.43 Å². The number of benzene rings is 2. The Hall–Kier alpha value is -2.62.